The van der Waals surface area contributed by atoms with E-state index in [1.54, 1.807) is 28.4 Å². The van der Waals surface area contributed by atoms with Gasteiger partial charge >= 0.3 is 0 Å². The fourth-order valence-electron chi connectivity index (χ4n) is 4.04. The van der Waals surface area contributed by atoms with E-state index in [1.165, 1.54) is 4.31 Å². The molecule has 1 aromatic heterocycles. The largest absolute Gasteiger partial charge is 0.332 e. The minimum absolute atomic E-state index is 0.194. The normalized spacial score (nSPS) is 11.7. The third-order valence-corrected chi connectivity index (χ3v) is 8.86. The van der Waals surface area contributed by atoms with E-state index >= 15 is 0 Å². The highest BCUT2D eigenvalue weighted by Crippen LogP contribution is 2.24. The second-order valence-electron chi connectivity index (χ2n) is 8.61. The van der Waals surface area contributed by atoms with Crippen molar-refractivity contribution in [1.82, 2.24) is 9.21 Å². The van der Waals surface area contributed by atoms with Crippen LogP contribution in [0.3, 0.4) is 0 Å². The number of carbonyl (C=O) groups is 1. The number of aryl methyl sites for hydroxylation is 1. The van der Waals surface area contributed by atoms with Gasteiger partial charge in [-0.1, -0.05) is 67.6 Å². The third-order valence-electron chi connectivity index (χ3n) is 6.01. The van der Waals surface area contributed by atoms with Crippen LogP contribution in [0.2, 0.25) is 0 Å². The molecule has 35 heavy (non-hydrogen) atoms. The van der Waals surface area contributed by atoms with Gasteiger partial charge in [-0.05, 0) is 58.8 Å². The molecule has 0 radical (unpaired) electrons. The zero-order chi connectivity index (χ0) is 24.8. The van der Waals surface area contributed by atoms with Gasteiger partial charge in [0.05, 0.1) is 18.0 Å². The molecule has 7 heteroatoms. The first-order chi connectivity index (χ1) is 16.9. The van der Waals surface area contributed by atoms with Gasteiger partial charge in [-0.3, -0.25) is 4.79 Å². The Morgan fingerprint density at radius 2 is 1.60 bits per heavy atom. The summed E-state index contributed by atoms with van der Waals surface area (Å²) in [6.07, 6.45) is 0.614. The van der Waals surface area contributed by atoms with Crippen LogP contribution in [0.15, 0.2) is 89.1 Å². The molecule has 3 aromatic carbocycles. The molecule has 0 saturated carbocycles. The number of hydrogen-bond donors (Lipinski definition) is 0. The van der Waals surface area contributed by atoms with Crippen molar-refractivity contribution in [3.8, 4) is 0 Å². The quantitative estimate of drug-likeness (QED) is 0.272. The van der Waals surface area contributed by atoms with Gasteiger partial charge in [0.15, 0.2) is 0 Å². The minimum atomic E-state index is -3.84. The van der Waals surface area contributed by atoms with E-state index in [0.717, 1.165) is 26.8 Å². The van der Waals surface area contributed by atoms with Crippen LogP contribution < -0.4 is 0 Å². The van der Waals surface area contributed by atoms with Crippen molar-refractivity contribution < 1.29 is 13.2 Å². The van der Waals surface area contributed by atoms with Crippen LogP contribution in [0.25, 0.3) is 10.8 Å². The number of hydrogen-bond acceptors (Lipinski definition) is 4. The molecule has 182 valence electrons. The van der Waals surface area contributed by atoms with Crippen molar-refractivity contribution >= 4 is 38.0 Å². The summed E-state index contributed by atoms with van der Waals surface area (Å²) in [6, 6.07) is 24.6. The van der Waals surface area contributed by atoms with Crippen LogP contribution in [0.5, 0.6) is 0 Å². The number of amides is 1. The van der Waals surface area contributed by atoms with Crippen molar-refractivity contribution in [2.45, 2.75) is 38.3 Å². The molecule has 0 saturated heterocycles. The summed E-state index contributed by atoms with van der Waals surface area (Å²) in [5.74, 6) is -0.209. The smallest absolute Gasteiger partial charge is 0.243 e. The number of benzene rings is 3. The molecular weight excluding hydrogens is 476 g/mol. The summed E-state index contributed by atoms with van der Waals surface area (Å²) in [5, 5.41) is 3.85. The summed E-state index contributed by atoms with van der Waals surface area (Å²) in [7, 11) is -3.84. The number of carbonyl (C=O) groups excluding carboxylic acids is 1. The van der Waals surface area contributed by atoms with E-state index in [0.29, 0.717) is 19.5 Å². The average molecular weight is 507 g/mol. The number of rotatable bonds is 10. The number of nitrogens with zero attached hydrogens (tertiary/aromatic N) is 2. The molecule has 4 rings (SSSR count). The zero-order valence-corrected chi connectivity index (χ0v) is 21.7. The molecule has 0 fully saturated rings. The van der Waals surface area contributed by atoms with Gasteiger partial charge in [0.2, 0.25) is 15.9 Å². The van der Waals surface area contributed by atoms with Gasteiger partial charge in [0.1, 0.15) is 0 Å². The predicted molar refractivity (Wildman–Crippen MR) is 143 cm³/mol. The molecule has 0 aliphatic heterocycles. The second kappa shape index (κ2) is 11.2. The molecule has 1 heterocycles. The molecule has 0 unspecified atom stereocenters. The maximum atomic E-state index is 13.6. The maximum Gasteiger partial charge on any atom is 0.243 e. The molecule has 0 aliphatic carbocycles. The Morgan fingerprint density at radius 1 is 0.886 bits per heavy atom. The van der Waals surface area contributed by atoms with Gasteiger partial charge in [-0.25, -0.2) is 8.42 Å². The lowest BCUT2D eigenvalue weighted by Gasteiger charge is -2.27. The van der Waals surface area contributed by atoms with Crippen LogP contribution in [-0.2, 0) is 27.9 Å². The van der Waals surface area contributed by atoms with Crippen molar-refractivity contribution in [3.63, 3.8) is 0 Å². The second-order valence-corrected chi connectivity index (χ2v) is 11.5. The van der Waals surface area contributed by atoms with Gasteiger partial charge in [0.25, 0.3) is 0 Å². The molecule has 1 amide bonds. The average Bonchev–Trinajstić information content (AvgIpc) is 3.27. The summed E-state index contributed by atoms with van der Waals surface area (Å²) in [4.78, 5) is 16.7. The zero-order valence-electron chi connectivity index (χ0n) is 20.1. The standard InChI is InChI=1S/C28H30N2O3S2/c1-3-16-30(35(32,33)26-14-13-24-11-7-8-12-25(24)18-26)21-28(31)29(19-23-9-5-4-6-10-23)20-27-22(2)15-17-34-27/h4-15,17-18H,3,16,19-21H2,1-2H3. The lowest BCUT2D eigenvalue weighted by atomic mass is 10.1. The summed E-state index contributed by atoms with van der Waals surface area (Å²) in [6.45, 7) is 4.91. The Hall–Kier alpha value is -3.00. The number of thiophene rings is 1. The molecule has 0 atom stereocenters. The first-order valence-corrected chi connectivity index (χ1v) is 14.0. The summed E-state index contributed by atoms with van der Waals surface area (Å²) in [5.41, 5.74) is 2.14. The summed E-state index contributed by atoms with van der Waals surface area (Å²) < 4.78 is 28.5. The van der Waals surface area contributed by atoms with Gasteiger partial charge in [-0.15, -0.1) is 11.3 Å². The molecule has 0 bridgehead atoms. The van der Waals surface area contributed by atoms with Crippen molar-refractivity contribution in [2.75, 3.05) is 13.1 Å². The van der Waals surface area contributed by atoms with E-state index in [9.17, 15) is 13.2 Å². The molecule has 0 spiro atoms. The highest BCUT2D eigenvalue weighted by molar-refractivity contribution is 7.89. The number of sulfonamides is 1. The molecule has 0 aliphatic rings. The van der Waals surface area contributed by atoms with E-state index in [1.807, 2.05) is 86.0 Å². The minimum Gasteiger partial charge on any atom is -0.332 e. The highest BCUT2D eigenvalue weighted by atomic mass is 32.2. The van der Waals surface area contributed by atoms with Crippen molar-refractivity contribution in [3.05, 3.63) is 100 Å². The topological polar surface area (TPSA) is 57.7 Å². The number of fused-ring (bicyclic) bond motifs is 1. The van der Waals surface area contributed by atoms with Gasteiger partial charge < -0.3 is 4.90 Å². The van der Waals surface area contributed by atoms with Crippen LogP contribution >= 0.6 is 11.3 Å². The van der Waals surface area contributed by atoms with Crippen LogP contribution in [0, 0.1) is 6.92 Å². The Morgan fingerprint density at radius 3 is 2.29 bits per heavy atom. The van der Waals surface area contributed by atoms with Crippen molar-refractivity contribution in [1.29, 1.82) is 0 Å². The highest BCUT2D eigenvalue weighted by Gasteiger charge is 2.28. The maximum absolute atomic E-state index is 13.6. The van der Waals surface area contributed by atoms with Crippen LogP contribution in [0.4, 0.5) is 0 Å². The Balaban J connectivity index is 1.61. The monoisotopic (exact) mass is 506 g/mol. The van der Waals surface area contributed by atoms with Crippen molar-refractivity contribution in [2.24, 2.45) is 0 Å². The Labute approximate surface area is 211 Å². The van der Waals surface area contributed by atoms with Gasteiger partial charge in [0, 0.05) is 18.0 Å². The van der Waals surface area contributed by atoms with E-state index in [4.69, 9.17) is 0 Å². The lowest BCUT2D eigenvalue weighted by molar-refractivity contribution is -0.132. The van der Waals surface area contributed by atoms with E-state index < -0.39 is 10.0 Å². The first-order valence-electron chi connectivity index (χ1n) is 11.7. The molecule has 5 nitrogen and oxygen atoms in total. The lowest BCUT2D eigenvalue weighted by Crippen LogP contribution is -2.42. The Bertz CT molecular complexity index is 1400. The van der Waals surface area contributed by atoms with Gasteiger partial charge in [-0.2, -0.15) is 4.31 Å². The summed E-state index contributed by atoms with van der Waals surface area (Å²) >= 11 is 1.61. The molecule has 0 N–H and O–H groups in total. The van der Waals surface area contributed by atoms with Crippen LogP contribution in [0.1, 0.15) is 29.3 Å². The first kappa shape index (κ1) is 25.1. The van der Waals surface area contributed by atoms with E-state index in [2.05, 4.69) is 0 Å². The van der Waals surface area contributed by atoms with E-state index in [-0.39, 0.29) is 23.9 Å². The van der Waals surface area contributed by atoms with Crippen LogP contribution in [-0.4, -0.2) is 36.6 Å². The molecular formula is C28H30N2O3S2. The fourth-order valence-corrected chi connectivity index (χ4v) is 6.48. The predicted octanol–water partition coefficient (Wildman–Crippen LogP) is 5.84. The third kappa shape index (κ3) is 5.99. The molecule has 4 aromatic rings. The fraction of sp³-hybridized carbons (Fsp3) is 0.250. The Kier molecular flexibility index (Phi) is 8.00. The SMILES string of the molecule is CCCN(CC(=O)N(Cc1ccccc1)Cc1sccc1C)S(=O)(=O)c1ccc2ccccc2c1.